The molecule has 2 aromatic carbocycles. The lowest BCUT2D eigenvalue weighted by atomic mass is 9.62. The number of aryl methyl sites for hydroxylation is 1. The van der Waals surface area contributed by atoms with Crippen LogP contribution in [0.1, 0.15) is 44.7 Å². The zero-order valence-corrected chi connectivity index (χ0v) is 20.1. The van der Waals surface area contributed by atoms with Crippen molar-refractivity contribution in [3.05, 3.63) is 59.5 Å². The predicted molar refractivity (Wildman–Crippen MR) is 121 cm³/mol. The first kappa shape index (κ1) is 24.8. The second kappa shape index (κ2) is 8.15. The second-order valence-corrected chi connectivity index (χ2v) is 10.1. The highest BCUT2D eigenvalue weighted by Gasteiger charge is 2.58. The normalized spacial score (nSPS) is 17.6. The van der Waals surface area contributed by atoms with Crippen molar-refractivity contribution in [2.24, 2.45) is 5.41 Å². The fourth-order valence-electron chi connectivity index (χ4n) is 4.51. The smallest absolute Gasteiger partial charge is 0.444 e. The SMILES string of the molecule is Cc1nc2ccc(C(O)(c3ccc(OC(F)(F)F)cc3)C3(C)CN(C(=O)OC(C)(C)C)C3)cc2o1. The molecule has 1 atom stereocenters. The minimum absolute atomic E-state index is 0.159. The average molecular weight is 492 g/mol. The molecule has 0 spiro atoms. The number of oxazole rings is 1. The lowest BCUT2D eigenvalue weighted by Crippen LogP contribution is -2.66. The second-order valence-electron chi connectivity index (χ2n) is 10.1. The van der Waals surface area contributed by atoms with Crippen molar-refractivity contribution >= 4 is 17.2 Å². The van der Waals surface area contributed by atoms with Crippen LogP contribution in [0.5, 0.6) is 5.75 Å². The molecule has 4 rings (SSSR count). The molecule has 1 N–H and O–H groups in total. The minimum atomic E-state index is -4.83. The Hall–Kier alpha value is -3.27. The molecule has 0 radical (unpaired) electrons. The van der Waals surface area contributed by atoms with Gasteiger partial charge in [0.15, 0.2) is 11.5 Å². The number of ether oxygens (including phenoxy) is 2. The molecule has 35 heavy (non-hydrogen) atoms. The first-order chi connectivity index (χ1) is 16.1. The summed E-state index contributed by atoms with van der Waals surface area (Å²) in [5.41, 5.74) is -1.39. The van der Waals surface area contributed by atoms with Crippen molar-refractivity contribution in [1.82, 2.24) is 9.88 Å². The molecule has 1 unspecified atom stereocenters. The molecule has 1 fully saturated rings. The Morgan fingerprint density at radius 3 is 2.26 bits per heavy atom. The van der Waals surface area contributed by atoms with Gasteiger partial charge in [-0.3, -0.25) is 0 Å². The van der Waals surface area contributed by atoms with Crippen LogP contribution in [0.15, 0.2) is 46.9 Å². The van der Waals surface area contributed by atoms with Crippen molar-refractivity contribution in [2.45, 2.75) is 52.2 Å². The summed E-state index contributed by atoms with van der Waals surface area (Å²) in [4.78, 5) is 18.3. The van der Waals surface area contributed by atoms with Gasteiger partial charge in [-0.1, -0.05) is 25.1 Å². The van der Waals surface area contributed by atoms with E-state index in [-0.39, 0.29) is 13.1 Å². The maximum Gasteiger partial charge on any atom is 0.573 e. The molecule has 10 heteroatoms. The van der Waals surface area contributed by atoms with Crippen LogP contribution in [0.4, 0.5) is 18.0 Å². The Kier molecular flexibility index (Phi) is 5.78. The number of nitrogens with zero attached hydrogens (tertiary/aromatic N) is 2. The third-order valence-corrected chi connectivity index (χ3v) is 6.02. The van der Waals surface area contributed by atoms with Crippen molar-refractivity contribution in [3.63, 3.8) is 0 Å². The first-order valence-corrected chi connectivity index (χ1v) is 11.0. The van der Waals surface area contributed by atoms with E-state index >= 15 is 0 Å². The maximum absolute atomic E-state index is 12.6. The Balaban J connectivity index is 1.73. The summed E-state index contributed by atoms with van der Waals surface area (Å²) in [6.07, 6.45) is -5.34. The number of likely N-dealkylation sites (tertiary alicyclic amines) is 1. The Labute approximate surface area is 200 Å². The van der Waals surface area contributed by atoms with Gasteiger partial charge >= 0.3 is 12.5 Å². The topological polar surface area (TPSA) is 85.0 Å². The molecule has 188 valence electrons. The molecule has 1 saturated heterocycles. The number of carbonyl (C=O) groups is 1. The molecule has 2 heterocycles. The molecule has 0 aliphatic carbocycles. The van der Waals surface area contributed by atoms with Gasteiger partial charge in [0, 0.05) is 25.4 Å². The van der Waals surface area contributed by atoms with Gasteiger partial charge < -0.3 is 23.9 Å². The van der Waals surface area contributed by atoms with Gasteiger partial charge in [-0.15, -0.1) is 13.2 Å². The van der Waals surface area contributed by atoms with Crippen LogP contribution in [0, 0.1) is 12.3 Å². The van der Waals surface area contributed by atoms with Crippen molar-refractivity contribution < 1.29 is 37.0 Å². The quantitative estimate of drug-likeness (QED) is 0.516. The number of amides is 1. The molecule has 1 aromatic heterocycles. The summed E-state index contributed by atoms with van der Waals surface area (Å²) in [5, 5.41) is 12.3. The van der Waals surface area contributed by atoms with Gasteiger partial charge in [0.05, 0.1) is 0 Å². The molecule has 0 bridgehead atoms. The number of benzene rings is 2. The van der Waals surface area contributed by atoms with Crippen molar-refractivity contribution in [1.29, 1.82) is 0 Å². The molecule has 0 saturated carbocycles. The highest BCUT2D eigenvalue weighted by atomic mass is 19.4. The van der Waals surface area contributed by atoms with Crippen LogP contribution < -0.4 is 4.74 Å². The molecule has 1 aliphatic rings. The van der Waals surface area contributed by atoms with E-state index in [1.165, 1.54) is 17.0 Å². The van der Waals surface area contributed by atoms with Gasteiger partial charge in [-0.25, -0.2) is 9.78 Å². The standard InChI is InChI=1S/C25H27F3N2O5/c1-15-29-19-11-8-17(12-20(19)33-15)24(32,16-6-9-18(10-7-16)34-25(26,27)28)23(5)13-30(14-23)21(31)35-22(2,3)4/h6-12,32H,13-14H2,1-5H3. The van der Waals surface area contributed by atoms with Gasteiger partial charge in [0.25, 0.3) is 0 Å². The van der Waals surface area contributed by atoms with Crippen LogP contribution in [0.25, 0.3) is 11.1 Å². The Bertz CT molecular complexity index is 1240. The van der Waals surface area contributed by atoms with Crippen molar-refractivity contribution in [3.8, 4) is 5.75 Å². The number of halogens is 3. The van der Waals surface area contributed by atoms with Crippen LogP contribution in [0.3, 0.4) is 0 Å². The van der Waals surface area contributed by atoms with E-state index < -0.39 is 34.8 Å². The summed E-state index contributed by atoms with van der Waals surface area (Å²) in [6.45, 7) is 9.12. The fraction of sp³-hybridized carbons (Fsp3) is 0.440. The monoisotopic (exact) mass is 492 g/mol. The van der Waals surface area contributed by atoms with E-state index in [2.05, 4.69) is 9.72 Å². The summed E-state index contributed by atoms with van der Waals surface area (Å²) >= 11 is 0. The average Bonchev–Trinajstić information content (AvgIpc) is 3.08. The van der Waals surface area contributed by atoms with Gasteiger partial charge in [-0.2, -0.15) is 0 Å². The fourth-order valence-corrected chi connectivity index (χ4v) is 4.51. The molecule has 7 nitrogen and oxygen atoms in total. The van der Waals surface area contributed by atoms with E-state index in [4.69, 9.17) is 9.15 Å². The number of alkyl halides is 3. The lowest BCUT2D eigenvalue weighted by molar-refractivity contribution is -0.274. The molecular weight excluding hydrogens is 465 g/mol. The minimum Gasteiger partial charge on any atom is -0.444 e. The summed E-state index contributed by atoms with van der Waals surface area (Å²) in [5.74, 6) is 0.0550. The molecule has 1 aliphatic heterocycles. The van der Waals surface area contributed by atoms with Crippen LogP contribution >= 0.6 is 0 Å². The predicted octanol–water partition coefficient (Wildman–Crippen LogP) is 5.53. The van der Waals surface area contributed by atoms with Gasteiger partial charge in [0.2, 0.25) is 0 Å². The van der Waals surface area contributed by atoms with E-state index in [9.17, 15) is 23.1 Å². The Morgan fingerprint density at radius 1 is 1.09 bits per heavy atom. The number of hydrogen-bond acceptors (Lipinski definition) is 6. The molecular formula is C25H27F3N2O5. The zero-order chi connectivity index (χ0) is 25.8. The molecule has 1 amide bonds. The van der Waals surface area contributed by atoms with Crippen LogP contribution in [0.2, 0.25) is 0 Å². The Morgan fingerprint density at radius 2 is 1.69 bits per heavy atom. The van der Waals surface area contributed by atoms with Gasteiger partial charge in [0.1, 0.15) is 22.5 Å². The highest BCUT2D eigenvalue weighted by Crippen LogP contribution is 2.51. The summed E-state index contributed by atoms with van der Waals surface area (Å²) in [7, 11) is 0. The number of hydrogen-bond donors (Lipinski definition) is 1. The number of aliphatic hydroxyl groups is 1. The molecule has 3 aromatic rings. The summed E-state index contributed by atoms with van der Waals surface area (Å²) < 4.78 is 53.0. The van der Waals surface area contributed by atoms with Crippen molar-refractivity contribution in [2.75, 3.05) is 13.1 Å². The maximum atomic E-state index is 12.6. The number of rotatable bonds is 4. The third-order valence-electron chi connectivity index (χ3n) is 6.02. The number of fused-ring (bicyclic) bond motifs is 1. The van der Waals surface area contributed by atoms with E-state index in [1.54, 1.807) is 45.9 Å². The van der Waals surface area contributed by atoms with Crippen LogP contribution in [-0.2, 0) is 10.3 Å². The van der Waals surface area contributed by atoms with E-state index in [1.807, 2.05) is 6.92 Å². The van der Waals surface area contributed by atoms with Gasteiger partial charge in [-0.05, 0) is 56.2 Å². The number of carbonyl (C=O) groups excluding carboxylic acids is 1. The third kappa shape index (κ3) is 4.80. The van der Waals surface area contributed by atoms with E-state index in [0.717, 1.165) is 12.1 Å². The highest BCUT2D eigenvalue weighted by molar-refractivity contribution is 5.74. The van der Waals surface area contributed by atoms with Crippen LogP contribution in [-0.4, -0.2) is 46.1 Å². The first-order valence-electron chi connectivity index (χ1n) is 11.0. The van der Waals surface area contributed by atoms with E-state index in [0.29, 0.717) is 28.1 Å². The lowest BCUT2D eigenvalue weighted by Gasteiger charge is -2.56. The zero-order valence-electron chi connectivity index (χ0n) is 20.1. The summed E-state index contributed by atoms with van der Waals surface area (Å²) in [6, 6.07) is 10.2. The number of aromatic nitrogens is 1. The largest absolute Gasteiger partial charge is 0.573 e.